The lowest BCUT2D eigenvalue weighted by Crippen LogP contribution is -2.46. The van der Waals surface area contributed by atoms with Crippen molar-refractivity contribution in [2.75, 3.05) is 39.4 Å². The first-order chi connectivity index (χ1) is 10.7. The Bertz CT molecular complexity index is 492. The molecule has 0 spiro atoms. The van der Waals surface area contributed by atoms with E-state index in [4.69, 9.17) is 27.4 Å². The summed E-state index contributed by atoms with van der Waals surface area (Å²) in [6.45, 7) is 4.00. The van der Waals surface area contributed by atoms with Crippen molar-refractivity contribution >= 4 is 23.5 Å². The van der Waals surface area contributed by atoms with Crippen molar-refractivity contribution in [3.8, 4) is 0 Å². The normalized spacial score (nSPS) is 15.9. The van der Waals surface area contributed by atoms with Crippen LogP contribution in [0.4, 0.5) is 4.79 Å². The highest BCUT2D eigenvalue weighted by Gasteiger charge is 2.18. The second kappa shape index (κ2) is 8.55. The Morgan fingerprint density at radius 1 is 1.23 bits per heavy atom. The smallest absolute Gasteiger partial charge is 0.404 e. The number of nitrogens with zero attached hydrogens (tertiary/aromatic N) is 1. The average molecular weight is 323 g/mol. The number of carbonyl (C=O) groups excluding carboxylic acids is 1. The van der Waals surface area contributed by atoms with Crippen molar-refractivity contribution in [2.45, 2.75) is 5.92 Å². The summed E-state index contributed by atoms with van der Waals surface area (Å²) in [6, 6.07) is 9.72. The van der Waals surface area contributed by atoms with Crippen LogP contribution in [0.2, 0.25) is 0 Å². The quantitative estimate of drug-likeness (QED) is 0.790. The summed E-state index contributed by atoms with van der Waals surface area (Å²) in [5, 5.41) is 3.75. The molecule has 1 aliphatic heterocycles. The number of ether oxygens (including phenoxy) is 2. The summed E-state index contributed by atoms with van der Waals surface area (Å²) >= 11 is 5.32. The molecule has 1 fully saturated rings. The predicted molar refractivity (Wildman–Crippen MR) is 87.7 cm³/mol. The second-order valence-corrected chi connectivity index (χ2v) is 5.40. The van der Waals surface area contributed by atoms with Crippen LogP contribution in [0.1, 0.15) is 11.5 Å². The molecule has 1 unspecified atom stereocenters. The minimum absolute atomic E-state index is 0.102. The number of piperazine rings is 1. The van der Waals surface area contributed by atoms with Gasteiger partial charge >= 0.3 is 6.09 Å². The first-order valence-corrected chi connectivity index (χ1v) is 7.67. The Hall–Kier alpha value is -1.86. The van der Waals surface area contributed by atoms with E-state index < -0.39 is 6.09 Å². The lowest BCUT2D eigenvalue weighted by Gasteiger charge is -2.29. The van der Waals surface area contributed by atoms with Gasteiger partial charge in [0.25, 0.3) is 5.17 Å². The summed E-state index contributed by atoms with van der Waals surface area (Å²) in [5.41, 5.74) is 6.07. The molecule has 1 heterocycles. The zero-order valence-corrected chi connectivity index (χ0v) is 13.2. The third kappa shape index (κ3) is 5.16. The molecule has 1 aromatic carbocycles. The van der Waals surface area contributed by atoms with Gasteiger partial charge in [-0.2, -0.15) is 0 Å². The molecule has 0 saturated carbocycles. The highest BCUT2D eigenvalue weighted by atomic mass is 32.1. The van der Waals surface area contributed by atoms with Crippen LogP contribution < -0.4 is 11.1 Å². The van der Waals surface area contributed by atoms with Crippen LogP contribution in [0.15, 0.2) is 30.3 Å². The fourth-order valence-corrected chi connectivity index (χ4v) is 2.51. The van der Waals surface area contributed by atoms with Crippen molar-refractivity contribution in [1.29, 1.82) is 0 Å². The molecule has 1 aromatic rings. The first kappa shape index (κ1) is 16.5. The molecule has 1 atom stereocenters. The molecule has 2 rings (SSSR count). The number of rotatable bonds is 5. The number of carbonyl (C=O) groups is 1. The van der Waals surface area contributed by atoms with Crippen molar-refractivity contribution in [3.63, 3.8) is 0 Å². The SMILES string of the molecule is NC(=O)OCC(COC(=S)N1CCNCC1)c1ccccc1. The number of amides is 1. The maximum atomic E-state index is 10.8. The Labute approximate surface area is 135 Å². The summed E-state index contributed by atoms with van der Waals surface area (Å²) in [7, 11) is 0. The lowest BCUT2D eigenvalue weighted by molar-refractivity contribution is 0.130. The summed E-state index contributed by atoms with van der Waals surface area (Å²) in [6.07, 6.45) is -0.786. The van der Waals surface area contributed by atoms with Crippen LogP contribution in [-0.2, 0) is 9.47 Å². The Kier molecular flexibility index (Phi) is 6.42. The molecular weight excluding hydrogens is 302 g/mol. The lowest BCUT2D eigenvalue weighted by atomic mass is 10.0. The summed E-state index contributed by atoms with van der Waals surface area (Å²) in [4.78, 5) is 12.9. The highest BCUT2D eigenvalue weighted by molar-refractivity contribution is 7.80. The number of primary amides is 1. The average Bonchev–Trinajstić information content (AvgIpc) is 2.56. The minimum Gasteiger partial charge on any atom is -0.470 e. The molecule has 120 valence electrons. The Balaban J connectivity index is 1.91. The molecule has 1 amide bonds. The van der Waals surface area contributed by atoms with Crippen LogP contribution in [-0.4, -0.2) is 55.6 Å². The zero-order chi connectivity index (χ0) is 15.8. The minimum atomic E-state index is -0.786. The van der Waals surface area contributed by atoms with E-state index in [1.807, 2.05) is 35.2 Å². The maximum absolute atomic E-state index is 10.8. The number of benzene rings is 1. The number of nitrogens with two attached hydrogens (primary N) is 1. The molecule has 0 bridgehead atoms. The fraction of sp³-hybridized carbons (Fsp3) is 0.467. The molecule has 7 heteroatoms. The molecule has 3 N–H and O–H groups in total. The Morgan fingerprint density at radius 3 is 2.50 bits per heavy atom. The van der Waals surface area contributed by atoms with Gasteiger partial charge in [0.2, 0.25) is 0 Å². The van der Waals surface area contributed by atoms with Crippen LogP contribution in [0.3, 0.4) is 0 Å². The molecular formula is C15H21N3O3S. The second-order valence-electron chi connectivity index (χ2n) is 5.05. The highest BCUT2D eigenvalue weighted by Crippen LogP contribution is 2.17. The van der Waals surface area contributed by atoms with Gasteiger partial charge in [0.15, 0.2) is 0 Å². The van der Waals surface area contributed by atoms with Crippen molar-refractivity contribution in [2.24, 2.45) is 5.73 Å². The van der Waals surface area contributed by atoms with Gasteiger partial charge in [0, 0.05) is 26.2 Å². The molecule has 0 aliphatic carbocycles. The molecule has 0 aromatic heterocycles. The monoisotopic (exact) mass is 323 g/mol. The number of hydrogen-bond donors (Lipinski definition) is 2. The van der Waals surface area contributed by atoms with E-state index in [1.54, 1.807) is 0 Å². The third-order valence-corrected chi connectivity index (χ3v) is 3.86. The molecule has 1 saturated heterocycles. The summed E-state index contributed by atoms with van der Waals surface area (Å²) < 4.78 is 10.7. The van der Waals surface area contributed by atoms with Gasteiger partial charge < -0.3 is 25.4 Å². The van der Waals surface area contributed by atoms with E-state index in [0.29, 0.717) is 11.8 Å². The van der Waals surface area contributed by atoms with E-state index in [1.165, 1.54) is 0 Å². The topological polar surface area (TPSA) is 76.8 Å². The maximum Gasteiger partial charge on any atom is 0.404 e. The van der Waals surface area contributed by atoms with Crippen LogP contribution in [0.5, 0.6) is 0 Å². The molecule has 22 heavy (non-hydrogen) atoms. The van der Waals surface area contributed by atoms with Crippen molar-refractivity contribution in [1.82, 2.24) is 10.2 Å². The van der Waals surface area contributed by atoms with Gasteiger partial charge in [-0.25, -0.2) is 4.79 Å². The largest absolute Gasteiger partial charge is 0.470 e. The van der Waals surface area contributed by atoms with E-state index in [2.05, 4.69) is 5.32 Å². The molecule has 0 radical (unpaired) electrons. The number of thiocarbonyl (C=S) groups is 1. The predicted octanol–water partition coefficient (Wildman–Crippen LogP) is 1.07. The fourth-order valence-electron chi connectivity index (χ4n) is 2.26. The third-order valence-electron chi connectivity index (χ3n) is 3.48. The van der Waals surface area contributed by atoms with Crippen molar-refractivity contribution < 1.29 is 14.3 Å². The first-order valence-electron chi connectivity index (χ1n) is 7.26. The van der Waals surface area contributed by atoms with Gasteiger partial charge in [-0.1, -0.05) is 30.3 Å². The van der Waals surface area contributed by atoms with Gasteiger partial charge in [0.05, 0.1) is 5.92 Å². The van der Waals surface area contributed by atoms with Gasteiger partial charge in [0.1, 0.15) is 13.2 Å². The standard InChI is InChI=1S/C15H21N3O3S/c16-14(19)20-10-13(12-4-2-1-3-5-12)11-21-15(22)18-8-6-17-7-9-18/h1-5,13,17H,6-11H2,(H2,16,19). The van der Waals surface area contributed by atoms with Crippen LogP contribution in [0, 0.1) is 0 Å². The van der Waals surface area contributed by atoms with Gasteiger partial charge in [-0.15, -0.1) is 0 Å². The number of hydrogen-bond acceptors (Lipinski definition) is 5. The van der Waals surface area contributed by atoms with Crippen LogP contribution in [0.25, 0.3) is 0 Å². The van der Waals surface area contributed by atoms with E-state index in [9.17, 15) is 4.79 Å². The van der Waals surface area contributed by atoms with Gasteiger partial charge in [-0.05, 0) is 17.8 Å². The van der Waals surface area contributed by atoms with Gasteiger partial charge in [-0.3, -0.25) is 0 Å². The summed E-state index contributed by atoms with van der Waals surface area (Å²) in [5.74, 6) is -0.102. The zero-order valence-electron chi connectivity index (χ0n) is 12.4. The van der Waals surface area contributed by atoms with E-state index >= 15 is 0 Å². The van der Waals surface area contributed by atoms with Crippen molar-refractivity contribution in [3.05, 3.63) is 35.9 Å². The molecule has 1 aliphatic rings. The van der Waals surface area contributed by atoms with E-state index in [-0.39, 0.29) is 12.5 Å². The van der Waals surface area contributed by atoms with E-state index in [0.717, 1.165) is 31.7 Å². The Morgan fingerprint density at radius 2 is 1.86 bits per heavy atom. The van der Waals surface area contributed by atoms with Crippen LogP contribution >= 0.6 is 12.2 Å². The number of nitrogens with one attached hydrogen (secondary N) is 1. The molecule has 6 nitrogen and oxygen atoms in total.